The van der Waals surface area contributed by atoms with Crippen molar-refractivity contribution in [2.45, 2.75) is 25.9 Å². The van der Waals surface area contributed by atoms with E-state index in [1.54, 1.807) is 0 Å². The van der Waals surface area contributed by atoms with E-state index in [4.69, 9.17) is 0 Å². The molecule has 6 nitrogen and oxygen atoms in total. The topological polar surface area (TPSA) is 69.7 Å². The first-order chi connectivity index (χ1) is 15.8. The highest BCUT2D eigenvalue weighted by atomic mass is 19.1. The van der Waals surface area contributed by atoms with Crippen LogP contribution in [0.15, 0.2) is 72.8 Å². The molecule has 0 spiro atoms. The monoisotopic (exact) mass is 449 g/mol. The Balaban J connectivity index is 1.59. The van der Waals surface area contributed by atoms with Crippen molar-refractivity contribution in [2.75, 3.05) is 10.2 Å². The van der Waals surface area contributed by atoms with Gasteiger partial charge in [-0.25, -0.2) is 18.5 Å². The van der Waals surface area contributed by atoms with E-state index in [2.05, 4.69) is 5.32 Å². The van der Waals surface area contributed by atoms with Gasteiger partial charge in [-0.3, -0.25) is 9.59 Å². The smallest absolute Gasteiger partial charge is 0.326 e. The Morgan fingerprint density at radius 2 is 1.45 bits per heavy atom. The van der Waals surface area contributed by atoms with E-state index in [9.17, 15) is 23.2 Å². The van der Waals surface area contributed by atoms with Gasteiger partial charge in [0, 0.05) is 12.2 Å². The van der Waals surface area contributed by atoms with Gasteiger partial charge < -0.3 is 10.2 Å². The van der Waals surface area contributed by atoms with Gasteiger partial charge in [0.2, 0.25) is 5.91 Å². The van der Waals surface area contributed by atoms with Gasteiger partial charge in [0.05, 0.1) is 12.1 Å². The lowest BCUT2D eigenvalue weighted by Crippen LogP contribution is -2.37. The molecule has 0 radical (unpaired) electrons. The number of halogens is 2. The van der Waals surface area contributed by atoms with Crippen molar-refractivity contribution in [2.24, 2.45) is 0 Å². The number of imide groups is 1. The number of carbonyl (C=O) groups is 3. The summed E-state index contributed by atoms with van der Waals surface area (Å²) in [5.41, 5.74) is 2.44. The third kappa shape index (κ3) is 4.90. The lowest BCUT2D eigenvalue weighted by Gasteiger charge is -2.22. The van der Waals surface area contributed by atoms with E-state index < -0.39 is 35.5 Å². The molecule has 1 saturated heterocycles. The molecule has 0 saturated carbocycles. The molecule has 1 N–H and O–H groups in total. The van der Waals surface area contributed by atoms with Gasteiger partial charge in [-0.15, -0.1) is 0 Å². The van der Waals surface area contributed by atoms with Crippen LogP contribution in [0, 0.1) is 18.6 Å². The summed E-state index contributed by atoms with van der Waals surface area (Å²) < 4.78 is 26.5. The van der Waals surface area contributed by atoms with Crippen LogP contribution in [0.3, 0.4) is 0 Å². The van der Waals surface area contributed by atoms with Crippen LogP contribution in [0.2, 0.25) is 0 Å². The number of nitrogens with zero attached hydrogens (tertiary/aromatic N) is 2. The number of carbonyl (C=O) groups excluding carboxylic acids is 3. The van der Waals surface area contributed by atoms with E-state index in [1.165, 1.54) is 41.3 Å². The number of hydrogen-bond donors (Lipinski definition) is 1. The van der Waals surface area contributed by atoms with E-state index in [0.29, 0.717) is 5.69 Å². The van der Waals surface area contributed by atoms with Crippen LogP contribution in [-0.2, 0) is 16.1 Å². The van der Waals surface area contributed by atoms with E-state index in [-0.39, 0.29) is 18.7 Å². The summed E-state index contributed by atoms with van der Waals surface area (Å²) >= 11 is 0. The third-order valence-electron chi connectivity index (χ3n) is 5.38. The largest absolute Gasteiger partial charge is 0.332 e. The Morgan fingerprint density at radius 3 is 2.06 bits per heavy atom. The summed E-state index contributed by atoms with van der Waals surface area (Å²) in [4.78, 5) is 41.4. The van der Waals surface area contributed by atoms with Crippen molar-refractivity contribution in [1.82, 2.24) is 4.90 Å². The fourth-order valence-electron chi connectivity index (χ4n) is 3.65. The second-order valence-electron chi connectivity index (χ2n) is 7.82. The van der Waals surface area contributed by atoms with E-state index >= 15 is 0 Å². The van der Waals surface area contributed by atoms with Gasteiger partial charge in [0.1, 0.15) is 17.7 Å². The predicted octanol–water partition coefficient (Wildman–Crippen LogP) is 4.64. The number of hydrogen-bond acceptors (Lipinski definition) is 3. The molecule has 0 aromatic heterocycles. The maximum Gasteiger partial charge on any atom is 0.332 e. The van der Waals surface area contributed by atoms with Crippen LogP contribution in [0.4, 0.5) is 25.0 Å². The maximum atomic E-state index is 13.4. The molecule has 8 heteroatoms. The summed E-state index contributed by atoms with van der Waals surface area (Å²) in [6.07, 6.45) is -0.286. The molecule has 1 fully saturated rings. The molecule has 4 amide bonds. The van der Waals surface area contributed by atoms with Crippen LogP contribution in [0.5, 0.6) is 0 Å². The molecular weight excluding hydrogens is 428 g/mol. The third-order valence-corrected chi connectivity index (χ3v) is 5.38. The van der Waals surface area contributed by atoms with Crippen molar-refractivity contribution in [3.63, 3.8) is 0 Å². The quantitative estimate of drug-likeness (QED) is 0.558. The van der Waals surface area contributed by atoms with Crippen molar-refractivity contribution in [1.29, 1.82) is 0 Å². The molecule has 0 unspecified atom stereocenters. The highest BCUT2D eigenvalue weighted by Gasteiger charge is 2.46. The number of aryl methyl sites for hydroxylation is 1. The molecule has 1 aliphatic rings. The number of benzene rings is 3. The minimum Gasteiger partial charge on any atom is -0.326 e. The zero-order chi connectivity index (χ0) is 23.5. The Kier molecular flexibility index (Phi) is 6.17. The highest BCUT2D eigenvalue weighted by Crippen LogP contribution is 2.29. The van der Waals surface area contributed by atoms with E-state index in [1.807, 2.05) is 31.2 Å². The van der Waals surface area contributed by atoms with Gasteiger partial charge >= 0.3 is 6.03 Å². The van der Waals surface area contributed by atoms with Crippen molar-refractivity contribution in [3.8, 4) is 0 Å². The molecule has 0 bridgehead atoms. The fraction of sp³-hybridized carbons (Fsp3) is 0.160. The van der Waals surface area contributed by atoms with Gasteiger partial charge in [0.25, 0.3) is 5.91 Å². The Labute approximate surface area is 189 Å². The van der Waals surface area contributed by atoms with E-state index in [0.717, 1.165) is 28.2 Å². The second-order valence-corrected chi connectivity index (χ2v) is 7.82. The second kappa shape index (κ2) is 9.20. The molecule has 4 rings (SSSR count). The molecule has 1 aliphatic heterocycles. The summed E-state index contributed by atoms with van der Waals surface area (Å²) in [5, 5.41) is 2.62. The van der Waals surface area contributed by atoms with Crippen LogP contribution in [0.1, 0.15) is 17.5 Å². The minimum atomic E-state index is -1.05. The zero-order valence-corrected chi connectivity index (χ0v) is 17.8. The first kappa shape index (κ1) is 22.1. The predicted molar refractivity (Wildman–Crippen MR) is 119 cm³/mol. The average molecular weight is 449 g/mol. The van der Waals surface area contributed by atoms with Crippen molar-refractivity contribution in [3.05, 3.63) is 95.6 Å². The Morgan fingerprint density at radius 1 is 0.879 bits per heavy atom. The van der Waals surface area contributed by atoms with Gasteiger partial charge in [-0.05, 0) is 61.0 Å². The van der Waals surface area contributed by atoms with Crippen LogP contribution < -0.4 is 10.2 Å². The first-order valence-electron chi connectivity index (χ1n) is 10.3. The normalized spacial score (nSPS) is 15.8. The first-order valence-corrected chi connectivity index (χ1v) is 10.3. The molecule has 1 heterocycles. The summed E-state index contributed by atoms with van der Waals surface area (Å²) in [6, 6.07) is 16.1. The molecule has 1 atom stereocenters. The lowest BCUT2D eigenvalue weighted by atomic mass is 10.1. The minimum absolute atomic E-state index is 0.122. The van der Waals surface area contributed by atoms with Crippen LogP contribution in [0.25, 0.3) is 0 Å². The molecule has 168 valence electrons. The summed E-state index contributed by atoms with van der Waals surface area (Å²) in [7, 11) is 0. The lowest BCUT2D eigenvalue weighted by molar-refractivity contribution is -0.124. The average Bonchev–Trinajstić information content (AvgIpc) is 3.01. The van der Waals surface area contributed by atoms with Crippen LogP contribution >= 0.6 is 0 Å². The molecule has 3 aromatic carbocycles. The Bertz CT molecular complexity index is 1180. The van der Waals surface area contributed by atoms with Crippen molar-refractivity contribution < 1.29 is 23.2 Å². The van der Waals surface area contributed by atoms with Gasteiger partial charge in [-0.2, -0.15) is 0 Å². The number of anilines is 2. The van der Waals surface area contributed by atoms with Crippen molar-refractivity contribution >= 4 is 29.2 Å². The number of rotatable bonds is 6. The molecule has 0 aliphatic carbocycles. The highest BCUT2D eigenvalue weighted by molar-refractivity contribution is 6.22. The zero-order valence-electron chi connectivity index (χ0n) is 17.8. The molecular formula is C25H21F2N3O3. The summed E-state index contributed by atoms with van der Waals surface area (Å²) in [5.74, 6) is -2.01. The number of amides is 4. The number of urea groups is 1. The maximum absolute atomic E-state index is 13.4. The van der Waals surface area contributed by atoms with Gasteiger partial charge in [0.15, 0.2) is 0 Å². The van der Waals surface area contributed by atoms with Gasteiger partial charge in [-0.1, -0.05) is 29.8 Å². The number of nitrogens with one attached hydrogen (secondary N) is 1. The SMILES string of the molecule is Cc1ccc(CN2C(=O)N(c3ccc(F)cc3)C(=O)[C@H]2CC(=O)Nc2ccc(F)cc2)cc1. The molecule has 3 aromatic rings. The molecule has 33 heavy (non-hydrogen) atoms. The summed E-state index contributed by atoms with van der Waals surface area (Å²) in [6.45, 7) is 2.06. The Hall–Kier alpha value is -4.07. The fourth-order valence-corrected chi connectivity index (χ4v) is 3.65. The standard InChI is InChI=1S/C25H21F2N3O3/c1-16-2-4-17(5-3-16)15-29-22(14-23(31)28-20-10-6-18(26)7-11-20)24(32)30(25(29)33)21-12-8-19(27)9-13-21/h2-13,22H,14-15H2,1H3,(H,28,31)/t22-/m1/s1. The van der Waals surface area contributed by atoms with Crippen LogP contribution in [-0.4, -0.2) is 28.8 Å².